The summed E-state index contributed by atoms with van der Waals surface area (Å²) in [6.45, 7) is 1.35. The smallest absolute Gasteiger partial charge is 0.215 e. The molecule has 2 aromatic rings. The van der Waals surface area contributed by atoms with E-state index >= 15 is 0 Å². The van der Waals surface area contributed by atoms with Crippen LogP contribution in [0.5, 0.6) is 0 Å². The number of pyridine rings is 1. The lowest BCUT2D eigenvalue weighted by atomic mass is 10.2. The predicted octanol–water partition coefficient (Wildman–Crippen LogP) is 2.11. The lowest BCUT2D eigenvalue weighted by molar-refractivity contribution is 0.571. The van der Waals surface area contributed by atoms with E-state index in [2.05, 4.69) is 24.5 Å². The number of aromatic nitrogens is 4. The highest BCUT2D eigenvalue weighted by atomic mass is 35.5. The second kappa shape index (κ2) is 8.25. The fraction of sp³-hybridized carbons (Fsp3) is 0.562. The number of nitrogens with zero attached hydrogens (tertiary/aromatic N) is 4. The average Bonchev–Trinajstić information content (AvgIpc) is 2.80. The highest BCUT2D eigenvalue weighted by Crippen LogP contribution is 2.15. The number of hydrogen-bond donors (Lipinski definition) is 1. The summed E-state index contributed by atoms with van der Waals surface area (Å²) in [7, 11) is -3.39. The molecule has 136 valence electrons. The Bertz CT molecular complexity index is 804. The number of rotatable bonds is 7. The van der Waals surface area contributed by atoms with Crippen molar-refractivity contribution in [2.45, 2.75) is 50.8 Å². The Morgan fingerprint density at radius 1 is 1.20 bits per heavy atom. The van der Waals surface area contributed by atoms with Crippen molar-refractivity contribution in [3.05, 3.63) is 40.7 Å². The minimum atomic E-state index is -3.39. The minimum Gasteiger partial charge on any atom is -0.315 e. The molecule has 0 unspecified atom stereocenters. The molecule has 2 aromatic heterocycles. The summed E-state index contributed by atoms with van der Waals surface area (Å²) in [5.74, 6) is 1.92. The highest BCUT2D eigenvalue weighted by molar-refractivity contribution is 7.88. The molecule has 0 saturated carbocycles. The topological polar surface area (TPSA) is 89.8 Å². The number of sulfonamides is 1. The molecule has 9 heteroatoms. The van der Waals surface area contributed by atoms with E-state index in [9.17, 15) is 8.42 Å². The van der Waals surface area contributed by atoms with Crippen molar-refractivity contribution in [3.63, 3.8) is 0 Å². The van der Waals surface area contributed by atoms with Gasteiger partial charge in [-0.25, -0.2) is 18.1 Å². The molecule has 0 aliphatic carbocycles. The Kier molecular flexibility index (Phi) is 6.03. The molecule has 0 bridgehead atoms. The molecule has 0 atom stereocenters. The quantitative estimate of drug-likeness (QED) is 0.584. The zero-order valence-electron chi connectivity index (χ0n) is 14.0. The third-order valence-electron chi connectivity index (χ3n) is 4.23. The van der Waals surface area contributed by atoms with Crippen LogP contribution in [0.4, 0.5) is 0 Å². The van der Waals surface area contributed by atoms with Crippen molar-refractivity contribution in [3.8, 4) is 0 Å². The molecular weight excluding hydrogens is 362 g/mol. The normalized spacial score (nSPS) is 14.9. The summed E-state index contributed by atoms with van der Waals surface area (Å²) in [6.07, 6.45) is 7.41. The van der Waals surface area contributed by atoms with E-state index in [0.717, 1.165) is 43.9 Å². The summed E-state index contributed by atoms with van der Waals surface area (Å²) in [4.78, 5) is 3.90. The summed E-state index contributed by atoms with van der Waals surface area (Å²) >= 11 is 5.71. The first kappa shape index (κ1) is 18.3. The maximum Gasteiger partial charge on any atom is 0.215 e. The second-order valence-electron chi connectivity index (χ2n) is 6.24. The monoisotopic (exact) mass is 383 g/mol. The Morgan fingerprint density at radius 2 is 2.08 bits per heavy atom. The van der Waals surface area contributed by atoms with Crippen LogP contribution in [0.25, 0.3) is 0 Å². The van der Waals surface area contributed by atoms with Gasteiger partial charge in [0.2, 0.25) is 10.0 Å². The molecule has 0 fully saturated rings. The van der Waals surface area contributed by atoms with Crippen LogP contribution < -0.4 is 4.72 Å². The molecule has 25 heavy (non-hydrogen) atoms. The number of halogens is 1. The van der Waals surface area contributed by atoms with Crippen LogP contribution in [-0.2, 0) is 35.2 Å². The van der Waals surface area contributed by atoms with Gasteiger partial charge >= 0.3 is 0 Å². The zero-order valence-corrected chi connectivity index (χ0v) is 15.6. The third kappa shape index (κ3) is 5.23. The van der Waals surface area contributed by atoms with Crippen LogP contribution in [0.3, 0.4) is 0 Å². The SMILES string of the molecule is O=S(=O)(Cc1ccc(Cl)nc1)NCCCc1nnc2n1CCCCC2. The molecule has 0 radical (unpaired) electrons. The van der Waals surface area contributed by atoms with Crippen LogP contribution in [0.2, 0.25) is 5.15 Å². The van der Waals surface area contributed by atoms with E-state index in [1.807, 2.05) is 0 Å². The highest BCUT2D eigenvalue weighted by Gasteiger charge is 2.15. The molecule has 7 nitrogen and oxygen atoms in total. The largest absolute Gasteiger partial charge is 0.315 e. The van der Waals surface area contributed by atoms with Gasteiger partial charge in [-0.3, -0.25) is 0 Å². The number of aryl methyl sites for hydroxylation is 2. The van der Waals surface area contributed by atoms with Gasteiger partial charge in [0.05, 0.1) is 5.75 Å². The van der Waals surface area contributed by atoms with E-state index in [-0.39, 0.29) is 5.75 Å². The maximum atomic E-state index is 12.1. The van der Waals surface area contributed by atoms with Crippen molar-refractivity contribution in [1.29, 1.82) is 0 Å². The fourth-order valence-electron chi connectivity index (χ4n) is 2.97. The maximum absolute atomic E-state index is 12.1. The predicted molar refractivity (Wildman–Crippen MR) is 95.8 cm³/mol. The van der Waals surface area contributed by atoms with Crippen LogP contribution in [0.1, 0.15) is 42.9 Å². The Labute approximate surface area is 152 Å². The lowest BCUT2D eigenvalue weighted by Crippen LogP contribution is -2.26. The fourth-order valence-corrected chi connectivity index (χ4v) is 4.25. The first-order valence-corrected chi connectivity index (χ1v) is 10.6. The molecule has 1 aliphatic rings. The number of nitrogens with one attached hydrogen (secondary N) is 1. The average molecular weight is 384 g/mol. The summed E-state index contributed by atoms with van der Waals surface area (Å²) in [5, 5.41) is 8.88. The van der Waals surface area contributed by atoms with Crippen molar-refractivity contribution < 1.29 is 8.42 Å². The van der Waals surface area contributed by atoms with Gasteiger partial charge in [0.25, 0.3) is 0 Å². The molecule has 0 spiro atoms. The molecule has 3 heterocycles. The Morgan fingerprint density at radius 3 is 2.88 bits per heavy atom. The van der Waals surface area contributed by atoms with Gasteiger partial charge in [0.15, 0.2) is 0 Å². The summed E-state index contributed by atoms with van der Waals surface area (Å²) in [6, 6.07) is 3.25. The van der Waals surface area contributed by atoms with Gasteiger partial charge in [-0.15, -0.1) is 10.2 Å². The van der Waals surface area contributed by atoms with Crippen molar-refractivity contribution in [2.75, 3.05) is 6.54 Å². The molecule has 1 N–H and O–H groups in total. The van der Waals surface area contributed by atoms with Gasteiger partial charge < -0.3 is 4.57 Å². The van der Waals surface area contributed by atoms with E-state index in [0.29, 0.717) is 23.7 Å². The van der Waals surface area contributed by atoms with E-state index in [4.69, 9.17) is 11.6 Å². The van der Waals surface area contributed by atoms with Crippen molar-refractivity contribution >= 4 is 21.6 Å². The molecule has 1 aliphatic heterocycles. The van der Waals surface area contributed by atoms with Gasteiger partial charge in [0, 0.05) is 32.1 Å². The van der Waals surface area contributed by atoms with Crippen LogP contribution in [0, 0.1) is 0 Å². The molecule has 0 saturated heterocycles. The summed E-state index contributed by atoms with van der Waals surface area (Å²) in [5.41, 5.74) is 0.611. The Hall–Kier alpha value is -1.51. The first-order chi connectivity index (χ1) is 12.0. The van der Waals surface area contributed by atoms with Crippen molar-refractivity contribution in [2.24, 2.45) is 0 Å². The third-order valence-corrected chi connectivity index (χ3v) is 5.81. The van der Waals surface area contributed by atoms with E-state index < -0.39 is 10.0 Å². The lowest BCUT2D eigenvalue weighted by Gasteiger charge is -2.08. The van der Waals surface area contributed by atoms with Gasteiger partial charge in [0.1, 0.15) is 16.8 Å². The second-order valence-corrected chi connectivity index (χ2v) is 8.43. The minimum absolute atomic E-state index is 0.0997. The van der Waals surface area contributed by atoms with Gasteiger partial charge in [-0.1, -0.05) is 24.1 Å². The number of fused-ring (bicyclic) bond motifs is 1. The molecular formula is C16H22ClN5O2S. The van der Waals surface area contributed by atoms with E-state index in [1.165, 1.54) is 12.6 Å². The molecule has 0 amide bonds. The van der Waals surface area contributed by atoms with Crippen LogP contribution in [0.15, 0.2) is 18.3 Å². The number of hydrogen-bond acceptors (Lipinski definition) is 5. The standard InChI is InChI=1S/C16H22ClN5O2S/c17-14-8-7-13(11-18-14)12-25(23,24)19-9-4-6-16-21-20-15-5-2-1-3-10-22(15)16/h7-8,11,19H,1-6,9-10,12H2. The molecule has 0 aromatic carbocycles. The first-order valence-electron chi connectivity index (χ1n) is 8.52. The van der Waals surface area contributed by atoms with Crippen LogP contribution in [-0.4, -0.2) is 34.7 Å². The van der Waals surface area contributed by atoms with Crippen LogP contribution >= 0.6 is 11.6 Å². The van der Waals surface area contributed by atoms with Gasteiger partial charge in [-0.05, 0) is 30.9 Å². The Balaban J connectivity index is 1.48. The van der Waals surface area contributed by atoms with E-state index in [1.54, 1.807) is 12.1 Å². The summed E-state index contributed by atoms with van der Waals surface area (Å²) < 4.78 is 29.1. The molecule has 3 rings (SSSR count). The van der Waals surface area contributed by atoms with Gasteiger partial charge in [-0.2, -0.15) is 0 Å². The van der Waals surface area contributed by atoms with Crippen molar-refractivity contribution in [1.82, 2.24) is 24.5 Å². The zero-order chi connectivity index (χ0) is 17.7.